The summed E-state index contributed by atoms with van der Waals surface area (Å²) < 4.78 is 2.22. The van der Waals surface area contributed by atoms with E-state index in [0.717, 1.165) is 26.9 Å². The zero-order chi connectivity index (χ0) is 17.6. The molecule has 126 valence electrons. The van der Waals surface area contributed by atoms with Crippen molar-refractivity contribution in [3.8, 4) is 0 Å². The van der Waals surface area contributed by atoms with Crippen LogP contribution in [0, 0.1) is 6.92 Å². The quantitative estimate of drug-likeness (QED) is 0.595. The molecule has 0 aliphatic carbocycles. The Bertz CT molecular complexity index is 1170. The zero-order valence-electron chi connectivity index (χ0n) is 13.7. The molecule has 0 spiro atoms. The van der Waals surface area contributed by atoms with Gasteiger partial charge in [0.2, 0.25) is 0 Å². The van der Waals surface area contributed by atoms with Gasteiger partial charge in [0.1, 0.15) is 11.2 Å². The monoisotopic (exact) mass is 369 g/mol. The molecule has 1 amide bonds. The molecule has 1 aromatic carbocycles. The third kappa shape index (κ3) is 2.65. The van der Waals surface area contributed by atoms with E-state index in [2.05, 4.69) is 10.4 Å². The SMILES string of the molecule is CCc1cc2c(=O)n(NC(=O)c3sc4ccccc4c3C)cnc2s1. The molecular weight excluding hydrogens is 354 g/mol. The Hall–Kier alpha value is -2.51. The molecule has 0 unspecified atom stereocenters. The van der Waals surface area contributed by atoms with Crippen molar-refractivity contribution in [1.29, 1.82) is 0 Å². The van der Waals surface area contributed by atoms with E-state index in [0.29, 0.717) is 15.1 Å². The van der Waals surface area contributed by atoms with Gasteiger partial charge >= 0.3 is 0 Å². The van der Waals surface area contributed by atoms with Gasteiger partial charge in [-0.15, -0.1) is 22.7 Å². The predicted octanol–water partition coefficient (Wildman–Crippen LogP) is 3.93. The summed E-state index contributed by atoms with van der Waals surface area (Å²) in [6.45, 7) is 3.96. The maximum absolute atomic E-state index is 12.7. The predicted molar refractivity (Wildman–Crippen MR) is 104 cm³/mol. The van der Waals surface area contributed by atoms with Gasteiger partial charge in [-0.05, 0) is 36.4 Å². The van der Waals surface area contributed by atoms with Crippen LogP contribution in [0.2, 0.25) is 0 Å². The summed E-state index contributed by atoms with van der Waals surface area (Å²) in [6.07, 6.45) is 2.23. The van der Waals surface area contributed by atoms with Crippen molar-refractivity contribution >= 4 is 48.9 Å². The second-order valence-electron chi connectivity index (χ2n) is 5.70. The molecule has 0 saturated heterocycles. The van der Waals surface area contributed by atoms with Gasteiger partial charge in [0.05, 0.1) is 10.3 Å². The van der Waals surface area contributed by atoms with Crippen molar-refractivity contribution in [2.24, 2.45) is 0 Å². The number of nitrogens with zero attached hydrogens (tertiary/aromatic N) is 2. The molecule has 4 aromatic rings. The van der Waals surface area contributed by atoms with Crippen LogP contribution in [0.3, 0.4) is 0 Å². The Balaban J connectivity index is 1.72. The van der Waals surface area contributed by atoms with Crippen molar-refractivity contribution in [2.75, 3.05) is 5.43 Å². The fraction of sp³-hybridized carbons (Fsp3) is 0.167. The Kier molecular flexibility index (Phi) is 3.89. The normalized spacial score (nSPS) is 11.3. The summed E-state index contributed by atoms with van der Waals surface area (Å²) in [4.78, 5) is 32.0. The standard InChI is InChI=1S/C18H15N3O2S2/c1-3-11-8-13-17(24-11)19-9-21(18(13)23)20-16(22)15-10(2)12-6-4-5-7-14(12)25-15/h4-9H,3H2,1-2H3,(H,20,22). The van der Waals surface area contributed by atoms with Gasteiger partial charge in [-0.2, -0.15) is 0 Å². The molecule has 0 radical (unpaired) electrons. The van der Waals surface area contributed by atoms with Gasteiger partial charge in [-0.3, -0.25) is 15.0 Å². The number of nitrogens with one attached hydrogen (secondary N) is 1. The van der Waals surface area contributed by atoms with Gasteiger partial charge < -0.3 is 0 Å². The summed E-state index contributed by atoms with van der Waals surface area (Å²) in [7, 11) is 0. The number of carbonyl (C=O) groups is 1. The first kappa shape index (κ1) is 16.0. The highest BCUT2D eigenvalue weighted by Gasteiger charge is 2.17. The smallest absolute Gasteiger partial charge is 0.267 e. The molecule has 7 heteroatoms. The highest BCUT2D eigenvalue weighted by molar-refractivity contribution is 7.21. The lowest BCUT2D eigenvalue weighted by Crippen LogP contribution is -2.32. The van der Waals surface area contributed by atoms with E-state index in [4.69, 9.17) is 0 Å². The maximum Gasteiger partial charge on any atom is 0.280 e. The number of aryl methyl sites for hydroxylation is 2. The van der Waals surface area contributed by atoms with Crippen LogP contribution in [-0.2, 0) is 6.42 Å². The molecule has 0 atom stereocenters. The molecule has 1 N–H and O–H groups in total. The van der Waals surface area contributed by atoms with Gasteiger partial charge in [0.25, 0.3) is 11.5 Å². The number of hydrogen-bond donors (Lipinski definition) is 1. The number of carbonyl (C=O) groups excluding carboxylic acids is 1. The lowest BCUT2D eigenvalue weighted by molar-refractivity contribution is 0.101. The van der Waals surface area contributed by atoms with Crippen LogP contribution in [-0.4, -0.2) is 15.6 Å². The van der Waals surface area contributed by atoms with E-state index in [1.165, 1.54) is 33.7 Å². The molecule has 0 saturated carbocycles. The Morgan fingerprint density at radius 2 is 2.04 bits per heavy atom. The summed E-state index contributed by atoms with van der Waals surface area (Å²) >= 11 is 2.93. The van der Waals surface area contributed by atoms with Crippen LogP contribution >= 0.6 is 22.7 Å². The Morgan fingerprint density at radius 1 is 1.24 bits per heavy atom. The summed E-state index contributed by atoms with van der Waals surface area (Å²) in [5, 5.41) is 1.60. The van der Waals surface area contributed by atoms with E-state index < -0.39 is 0 Å². The minimum absolute atomic E-state index is 0.256. The molecule has 25 heavy (non-hydrogen) atoms. The van der Waals surface area contributed by atoms with Crippen molar-refractivity contribution in [3.63, 3.8) is 0 Å². The maximum atomic E-state index is 12.7. The second kappa shape index (κ2) is 6.09. The van der Waals surface area contributed by atoms with E-state index >= 15 is 0 Å². The molecule has 3 heterocycles. The van der Waals surface area contributed by atoms with E-state index in [1.807, 2.05) is 44.2 Å². The number of hydrogen-bond acceptors (Lipinski definition) is 5. The number of fused-ring (bicyclic) bond motifs is 2. The first-order valence-corrected chi connectivity index (χ1v) is 9.51. The van der Waals surface area contributed by atoms with Crippen LogP contribution in [0.1, 0.15) is 27.0 Å². The minimum Gasteiger partial charge on any atom is -0.267 e. The lowest BCUT2D eigenvalue weighted by Gasteiger charge is -2.06. The van der Waals surface area contributed by atoms with Gasteiger partial charge in [0, 0.05) is 9.58 Å². The molecule has 5 nitrogen and oxygen atoms in total. The Labute approximate surface area is 151 Å². The van der Waals surface area contributed by atoms with Crippen molar-refractivity contribution in [3.05, 3.63) is 62.3 Å². The number of benzene rings is 1. The van der Waals surface area contributed by atoms with Gasteiger partial charge in [0.15, 0.2) is 0 Å². The number of amides is 1. The fourth-order valence-electron chi connectivity index (χ4n) is 2.78. The van der Waals surface area contributed by atoms with Gasteiger partial charge in [-0.25, -0.2) is 9.66 Å². The van der Waals surface area contributed by atoms with E-state index in [9.17, 15) is 9.59 Å². The average Bonchev–Trinajstić information content (AvgIpc) is 3.19. The average molecular weight is 369 g/mol. The third-order valence-electron chi connectivity index (χ3n) is 4.12. The van der Waals surface area contributed by atoms with Crippen molar-refractivity contribution in [1.82, 2.24) is 9.66 Å². The molecule has 0 bridgehead atoms. The van der Waals surface area contributed by atoms with Crippen LogP contribution in [0.4, 0.5) is 0 Å². The topological polar surface area (TPSA) is 64.0 Å². The largest absolute Gasteiger partial charge is 0.280 e. The highest BCUT2D eigenvalue weighted by atomic mass is 32.1. The number of aromatic nitrogens is 2. The third-order valence-corrected chi connectivity index (χ3v) is 6.58. The zero-order valence-corrected chi connectivity index (χ0v) is 15.3. The first-order chi connectivity index (χ1) is 12.1. The molecular formula is C18H15N3O2S2. The molecule has 3 aromatic heterocycles. The summed E-state index contributed by atoms with van der Waals surface area (Å²) in [5.41, 5.74) is 3.33. The van der Waals surface area contributed by atoms with E-state index in [-0.39, 0.29) is 11.5 Å². The molecule has 0 fully saturated rings. The Morgan fingerprint density at radius 3 is 2.80 bits per heavy atom. The van der Waals surface area contributed by atoms with Gasteiger partial charge in [-0.1, -0.05) is 25.1 Å². The van der Waals surface area contributed by atoms with Crippen molar-refractivity contribution < 1.29 is 4.79 Å². The lowest BCUT2D eigenvalue weighted by atomic mass is 10.1. The van der Waals surface area contributed by atoms with Crippen LogP contribution in [0.5, 0.6) is 0 Å². The van der Waals surface area contributed by atoms with Crippen LogP contribution < -0.4 is 11.0 Å². The highest BCUT2D eigenvalue weighted by Crippen LogP contribution is 2.30. The number of rotatable bonds is 3. The van der Waals surface area contributed by atoms with Crippen LogP contribution in [0.25, 0.3) is 20.3 Å². The first-order valence-electron chi connectivity index (χ1n) is 7.88. The fourth-order valence-corrected chi connectivity index (χ4v) is 4.80. The summed E-state index contributed by atoms with van der Waals surface area (Å²) in [6, 6.07) is 9.73. The number of thiophene rings is 2. The molecule has 0 aliphatic rings. The minimum atomic E-state index is -0.298. The van der Waals surface area contributed by atoms with Crippen molar-refractivity contribution in [2.45, 2.75) is 20.3 Å². The second-order valence-corrected chi connectivity index (χ2v) is 7.87. The molecule has 0 aliphatic heterocycles. The molecule has 4 rings (SSSR count). The van der Waals surface area contributed by atoms with E-state index in [1.54, 1.807) is 0 Å². The summed E-state index contributed by atoms with van der Waals surface area (Å²) in [5.74, 6) is -0.298. The van der Waals surface area contributed by atoms with Crippen LogP contribution in [0.15, 0.2) is 41.5 Å².